The number of benzene rings is 1. The van der Waals surface area contributed by atoms with Gasteiger partial charge in [0.2, 0.25) is 5.91 Å². The van der Waals surface area contributed by atoms with Crippen molar-refractivity contribution in [1.29, 1.82) is 0 Å². The molecule has 1 aromatic carbocycles. The zero-order valence-corrected chi connectivity index (χ0v) is 15.2. The summed E-state index contributed by atoms with van der Waals surface area (Å²) in [4.78, 5) is 14.7. The molecule has 7 heteroatoms. The number of ether oxygens (including phenoxy) is 1. The van der Waals surface area contributed by atoms with Gasteiger partial charge in [0.1, 0.15) is 0 Å². The highest BCUT2D eigenvalue weighted by atomic mass is 35.5. The number of carbonyl (C=O) groups excluding carboxylic acids is 1. The summed E-state index contributed by atoms with van der Waals surface area (Å²) >= 11 is 6.23. The van der Waals surface area contributed by atoms with E-state index in [2.05, 4.69) is 0 Å². The molecule has 3 rings (SSSR count). The highest BCUT2D eigenvalue weighted by Gasteiger charge is 2.48. The second-order valence-electron chi connectivity index (χ2n) is 6.55. The molecule has 0 N–H and O–H groups in total. The molecule has 2 aliphatic rings. The van der Waals surface area contributed by atoms with Crippen molar-refractivity contribution in [3.05, 3.63) is 34.9 Å². The Balaban J connectivity index is 1.72. The Bertz CT molecular complexity index is 721. The fourth-order valence-corrected chi connectivity index (χ4v) is 5.49. The van der Waals surface area contributed by atoms with Gasteiger partial charge in [-0.15, -0.1) is 0 Å². The summed E-state index contributed by atoms with van der Waals surface area (Å²) in [5.41, 5.74) is 1.00. The highest BCUT2D eigenvalue weighted by Crippen LogP contribution is 2.50. The van der Waals surface area contributed by atoms with E-state index >= 15 is 0 Å². The van der Waals surface area contributed by atoms with Gasteiger partial charge >= 0.3 is 0 Å². The van der Waals surface area contributed by atoms with Gasteiger partial charge in [-0.05, 0) is 30.4 Å². The number of hydrogen-bond acceptors (Lipinski definition) is 4. The number of amides is 1. The van der Waals surface area contributed by atoms with Crippen molar-refractivity contribution >= 4 is 27.3 Å². The second kappa shape index (κ2) is 7.02. The van der Waals surface area contributed by atoms with E-state index in [9.17, 15) is 13.2 Å². The molecule has 1 saturated carbocycles. The van der Waals surface area contributed by atoms with Crippen molar-refractivity contribution in [2.75, 3.05) is 31.8 Å². The smallest absolute Gasteiger partial charge is 0.226 e. The van der Waals surface area contributed by atoms with Crippen LogP contribution in [0.3, 0.4) is 0 Å². The third kappa shape index (κ3) is 3.76. The van der Waals surface area contributed by atoms with Gasteiger partial charge in [0, 0.05) is 30.6 Å². The molecule has 1 saturated heterocycles. The van der Waals surface area contributed by atoms with Crippen LogP contribution in [0.15, 0.2) is 24.3 Å². The van der Waals surface area contributed by atoms with Crippen LogP contribution in [0, 0.1) is 5.92 Å². The van der Waals surface area contributed by atoms with Crippen LogP contribution in [-0.2, 0) is 19.4 Å². The molecule has 0 bridgehead atoms. The number of sulfone groups is 1. The molecular weight excluding hydrogens is 350 g/mol. The lowest BCUT2D eigenvalue weighted by atomic mass is 10.1. The minimum absolute atomic E-state index is 0.0269. The number of methoxy groups -OCH3 is 1. The van der Waals surface area contributed by atoms with Crippen LogP contribution in [0.25, 0.3) is 0 Å². The predicted octanol–water partition coefficient (Wildman–Crippen LogP) is 2.11. The summed E-state index contributed by atoms with van der Waals surface area (Å²) in [6.07, 6.45) is 1.28. The molecule has 0 aromatic heterocycles. The van der Waals surface area contributed by atoms with Crippen molar-refractivity contribution in [3.63, 3.8) is 0 Å². The van der Waals surface area contributed by atoms with Crippen LogP contribution >= 0.6 is 11.6 Å². The van der Waals surface area contributed by atoms with Gasteiger partial charge in [0.15, 0.2) is 9.84 Å². The van der Waals surface area contributed by atoms with E-state index in [1.165, 1.54) is 0 Å². The van der Waals surface area contributed by atoms with Crippen molar-refractivity contribution in [3.8, 4) is 0 Å². The van der Waals surface area contributed by atoms with Gasteiger partial charge in [-0.25, -0.2) is 8.42 Å². The molecule has 1 aromatic rings. The normalized spacial score (nSPS) is 27.8. The average Bonchev–Trinajstić information content (AvgIpc) is 3.25. The Kier molecular flexibility index (Phi) is 5.18. The van der Waals surface area contributed by atoms with Gasteiger partial charge in [0.25, 0.3) is 0 Å². The topological polar surface area (TPSA) is 63.7 Å². The fraction of sp³-hybridized carbons (Fsp3) is 0.588. The van der Waals surface area contributed by atoms with Crippen LogP contribution in [0.1, 0.15) is 24.3 Å². The lowest BCUT2D eigenvalue weighted by Gasteiger charge is -2.28. The lowest BCUT2D eigenvalue weighted by molar-refractivity contribution is -0.135. The molecule has 1 amide bonds. The summed E-state index contributed by atoms with van der Waals surface area (Å²) in [6.45, 7) is 0.840. The Morgan fingerprint density at radius 3 is 2.75 bits per heavy atom. The van der Waals surface area contributed by atoms with Crippen LogP contribution in [0.4, 0.5) is 0 Å². The number of carbonyl (C=O) groups is 1. The van der Waals surface area contributed by atoms with Crippen LogP contribution < -0.4 is 0 Å². The number of rotatable bonds is 6. The zero-order valence-electron chi connectivity index (χ0n) is 13.7. The zero-order chi connectivity index (χ0) is 17.3. The van der Waals surface area contributed by atoms with Crippen molar-refractivity contribution in [1.82, 2.24) is 4.90 Å². The van der Waals surface area contributed by atoms with Gasteiger partial charge in [-0.3, -0.25) is 4.79 Å². The molecule has 5 nitrogen and oxygen atoms in total. The standard InChI is InChI=1S/C17H22ClNO4S/c1-23-8-7-19(12-6-9-24(21,22)11-12)17(20)15-10-14(15)13-4-2-3-5-16(13)18/h2-5,12,14-15H,6-11H2,1H3. The molecule has 1 aliphatic carbocycles. The summed E-state index contributed by atoms with van der Waals surface area (Å²) in [5, 5.41) is 0.685. The van der Waals surface area contributed by atoms with Crippen LogP contribution in [0.2, 0.25) is 5.02 Å². The van der Waals surface area contributed by atoms with Crippen LogP contribution in [0.5, 0.6) is 0 Å². The summed E-state index contributed by atoms with van der Waals surface area (Å²) in [7, 11) is -1.45. The molecule has 0 radical (unpaired) electrons. The van der Waals surface area contributed by atoms with E-state index in [1.54, 1.807) is 12.0 Å². The Morgan fingerprint density at radius 1 is 1.38 bits per heavy atom. The summed E-state index contributed by atoms with van der Waals surface area (Å²) in [6, 6.07) is 7.36. The third-order valence-electron chi connectivity index (χ3n) is 4.88. The minimum Gasteiger partial charge on any atom is -0.383 e. The maximum absolute atomic E-state index is 12.9. The molecular formula is C17H22ClNO4S. The van der Waals surface area contributed by atoms with E-state index in [-0.39, 0.29) is 35.3 Å². The highest BCUT2D eigenvalue weighted by molar-refractivity contribution is 7.91. The van der Waals surface area contributed by atoms with Crippen LogP contribution in [-0.4, -0.2) is 57.0 Å². The first-order valence-corrected chi connectivity index (χ1v) is 10.4. The first kappa shape index (κ1) is 17.7. The molecule has 24 heavy (non-hydrogen) atoms. The SMILES string of the molecule is COCCN(C(=O)C1CC1c1ccccc1Cl)C1CCS(=O)(=O)C1. The fourth-order valence-electron chi connectivity index (χ4n) is 3.48. The summed E-state index contributed by atoms with van der Waals surface area (Å²) in [5.74, 6) is 0.275. The number of halogens is 1. The predicted molar refractivity (Wildman–Crippen MR) is 92.9 cm³/mol. The minimum atomic E-state index is -3.03. The quantitative estimate of drug-likeness (QED) is 0.768. The summed E-state index contributed by atoms with van der Waals surface area (Å²) < 4.78 is 28.6. The van der Waals surface area contributed by atoms with Crippen molar-refractivity contribution < 1.29 is 17.9 Å². The van der Waals surface area contributed by atoms with E-state index in [0.717, 1.165) is 12.0 Å². The van der Waals surface area contributed by atoms with E-state index in [4.69, 9.17) is 16.3 Å². The largest absolute Gasteiger partial charge is 0.383 e. The van der Waals surface area contributed by atoms with E-state index in [1.807, 2.05) is 24.3 Å². The van der Waals surface area contributed by atoms with Gasteiger partial charge in [-0.2, -0.15) is 0 Å². The number of hydrogen-bond donors (Lipinski definition) is 0. The Labute approximate surface area is 147 Å². The van der Waals surface area contributed by atoms with Gasteiger partial charge in [-0.1, -0.05) is 29.8 Å². The van der Waals surface area contributed by atoms with E-state index in [0.29, 0.717) is 24.6 Å². The molecule has 1 aliphatic heterocycles. The monoisotopic (exact) mass is 371 g/mol. The average molecular weight is 372 g/mol. The van der Waals surface area contributed by atoms with Crippen molar-refractivity contribution in [2.24, 2.45) is 5.92 Å². The first-order chi connectivity index (χ1) is 11.4. The Morgan fingerprint density at radius 2 is 2.12 bits per heavy atom. The second-order valence-corrected chi connectivity index (χ2v) is 9.19. The molecule has 2 fully saturated rings. The van der Waals surface area contributed by atoms with Gasteiger partial charge in [0.05, 0.1) is 18.1 Å². The molecule has 0 spiro atoms. The lowest BCUT2D eigenvalue weighted by Crippen LogP contribution is -2.44. The maximum atomic E-state index is 12.9. The molecule has 132 valence electrons. The van der Waals surface area contributed by atoms with Gasteiger partial charge < -0.3 is 9.64 Å². The maximum Gasteiger partial charge on any atom is 0.226 e. The molecule has 3 unspecified atom stereocenters. The molecule has 3 atom stereocenters. The van der Waals surface area contributed by atoms with Crippen molar-refractivity contribution in [2.45, 2.75) is 24.8 Å². The first-order valence-electron chi connectivity index (χ1n) is 8.17. The third-order valence-corrected chi connectivity index (χ3v) is 6.98. The van der Waals surface area contributed by atoms with E-state index < -0.39 is 9.84 Å². The number of nitrogens with zero attached hydrogens (tertiary/aromatic N) is 1. The Hall–Kier alpha value is -1.11. The molecule has 1 heterocycles.